The minimum absolute atomic E-state index is 0.150. The van der Waals surface area contributed by atoms with Crippen LogP contribution in [0.15, 0.2) is 0 Å². The van der Waals surface area contributed by atoms with Crippen molar-refractivity contribution in [2.75, 3.05) is 5.75 Å². The Morgan fingerprint density at radius 1 is 1.29 bits per heavy atom. The number of hydrogen-bond donors (Lipinski definition) is 0. The van der Waals surface area contributed by atoms with Gasteiger partial charge in [-0.2, -0.15) is 0 Å². The van der Waals surface area contributed by atoms with Crippen molar-refractivity contribution < 1.29 is 13.2 Å². The number of carbonyl (C=O) groups excluding carboxylic acids is 1. The molecule has 0 aliphatic heterocycles. The number of carbonyl (C=O) groups is 1. The molecule has 3 nitrogen and oxygen atoms in total. The summed E-state index contributed by atoms with van der Waals surface area (Å²) in [6.07, 6.45) is 5.23. The first-order chi connectivity index (χ1) is 7.95. The highest BCUT2D eigenvalue weighted by molar-refractivity contribution is 7.92. The number of Topliss-reactive ketones (excluding diaryl/α,β-unsaturated/α-hetero) is 1. The van der Waals surface area contributed by atoms with Crippen LogP contribution in [0.3, 0.4) is 0 Å². The number of rotatable bonds is 6. The van der Waals surface area contributed by atoms with Gasteiger partial charge in [-0.25, -0.2) is 8.42 Å². The van der Waals surface area contributed by atoms with Crippen LogP contribution in [0.5, 0.6) is 0 Å². The normalized spacial score (nSPS) is 25.8. The predicted octanol–water partition coefficient (Wildman–Crippen LogP) is 2.74. The second kappa shape index (κ2) is 6.53. The van der Waals surface area contributed by atoms with Crippen molar-refractivity contribution in [3.05, 3.63) is 0 Å². The lowest BCUT2D eigenvalue weighted by Gasteiger charge is -2.26. The Morgan fingerprint density at radius 3 is 2.59 bits per heavy atom. The van der Waals surface area contributed by atoms with Gasteiger partial charge in [-0.1, -0.05) is 26.7 Å². The van der Waals surface area contributed by atoms with Gasteiger partial charge in [0.25, 0.3) is 0 Å². The van der Waals surface area contributed by atoms with E-state index in [0.717, 1.165) is 25.7 Å². The van der Waals surface area contributed by atoms with Gasteiger partial charge >= 0.3 is 0 Å². The molecule has 1 rings (SSSR count). The Kier molecular flexibility index (Phi) is 5.63. The fraction of sp³-hybridized carbons (Fsp3) is 0.923. The SMILES string of the molecule is CCC(=O)CCCS(=O)(=O)C1CCCC(C)C1. The number of ketones is 1. The van der Waals surface area contributed by atoms with Crippen molar-refractivity contribution in [2.24, 2.45) is 5.92 Å². The Bertz CT molecular complexity index is 346. The van der Waals surface area contributed by atoms with Crippen LogP contribution in [0, 0.1) is 5.92 Å². The molecule has 1 aliphatic rings. The second-order valence-electron chi connectivity index (χ2n) is 5.26. The average molecular weight is 260 g/mol. The zero-order valence-electron chi connectivity index (χ0n) is 10.9. The molecule has 0 aromatic rings. The van der Waals surface area contributed by atoms with Gasteiger partial charge in [0.2, 0.25) is 0 Å². The van der Waals surface area contributed by atoms with E-state index in [4.69, 9.17) is 0 Å². The highest BCUT2D eigenvalue weighted by Crippen LogP contribution is 2.29. The summed E-state index contributed by atoms with van der Waals surface area (Å²) in [5.41, 5.74) is 0. The Balaban J connectivity index is 2.42. The summed E-state index contributed by atoms with van der Waals surface area (Å²) in [5, 5.41) is -0.150. The van der Waals surface area contributed by atoms with E-state index in [-0.39, 0.29) is 16.8 Å². The smallest absolute Gasteiger partial charge is 0.153 e. The summed E-state index contributed by atoms with van der Waals surface area (Å²) in [6.45, 7) is 3.95. The van der Waals surface area contributed by atoms with Crippen LogP contribution < -0.4 is 0 Å². The van der Waals surface area contributed by atoms with Crippen LogP contribution in [0.2, 0.25) is 0 Å². The van der Waals surface area contributed by atoms with Crippen LogP contribution in [0.25, 0.3) is 0 Å². The van der Waals surface area contributed by atoms with Crippen molar-refractivity contribution in [3.63, 3.8) is 0 Å². The van der Waals surface area contributed by atoms with Crippen LogP contribution >= 0.6 is 0 Å². The first kappa shape index (κ1) is 14.7. The molecule has 0 radical (unpaired) electrons. The van der Waals surface area contributed by atoms with Gasteiger partial charge in [0.05, 0.1) is 11.0 Å². The monoisotopic (exact) mass is 260 g/mol. The van der Waals surface area contributed by atoms with Crippen molar-refractivity contribution >= 4 is 15.6 Å². The maximum atomic E-state index is 12.1. The fourth-order valence-electron chi connectivity index (χ4n) is 2.52. The molecular weight excluding hydrogens is 236 g/mol. The largest absolute Gasteiger partial charge is 0.300 e. The van der Waals surface area contributed by atoms with E-state index in [1.807, 2.05) is 6.92 Å². The first-order valence-corrected chi connectivity index (χ1v) is 8.40. The minimum atomic E-state index is -2.97. The van der Waals surface area contributed by atoms with E-state index in [0.29, 0.717) is 25.2 Å². The Labute approximate surface area is 105 Å². The summed E-state index contributed by atoms with van der Waals surface area (Å²) in [5.74, 6) is 0.883. The lowest BCUT2D eigenvalue weighted by atomic mass is 9.91. The third-order valence-corrected chi connectivity index (χ3v) is 5.98. The van der Waals surface area contributed by atoms with Crippen molar-refractivity contribution in [3.8, 4) is 0 Å². The van der Waals surface area contributed by atoms with Crippen LogP contribution in [0.4, 0.5) is 0 Å². The fourth-order valence-corrected chi connectivity index (χ4v) is 4.55. The average Bonchev–Trinajstić information content (AvgIpc) is 2.28. The molecule has 17 heavy (non-hydrogen) atoms. The maximum absolute atomic E-state index is 12.1. The van der Waals surface area contributed by atoms with Crippen molar-refractivity contribution in [1.82, 2.24) is 0 Å². The van der Waals surface area contributed by atoms with E-state index in [2.05, 4.69) is 6.92 Å². The molecule has 4 heteroatoms. The van der Waals surface area contributed by atoms with Crippen LogP contribution in [0.1, 0.15) is 58.8 Å². The topological polar surface area (TPSA) is 51.2 Å². The summed E-state index contributed by atoms with van der Waals surface area (Å²) < 4.78 is 24.2. The highest BCUT2D eigenvalue weighted by atomic mass is 32.2. The van der Waals surface area contributed by atoms with Gasteiger partial charge in [0, 0.05) is 12.8 Å². The molecule has 2 unspecified atom stereocenters. The van der Waals surface area contributed by atoms with E-state index in [1.54, 1.807) is 0 Å². The lowest BCUT2D eigenvalue weighted by Crippen LogP contribution is -2.29. The lowest BCUT2D eigenvalue weighted by molar-refractivity contribution is -0.118. The molecule has 1 fully saturated rings. The van der Waals surface area contributed by atoms with Crippen molar-refractivity contribution in [2.45, 2.75) is 64.0 Å². The number of hydrogen-bond acceptors (Lipinski definition) is 3. The molecule has 0 aromatic heterocycles. The molecule has 0 bridgehead atoms. The second-order valence-corrected chi connectivity index (χ2v) is 7.66. The van der Waals surface area contributed by atoms with Gasteiger partial charge in [0.15, 0.2) is 9.84 Å². The molecule has 0 amide bonds. The predicted molar refractivity (Wildman–Crippen MR) is 69.7 cm³/mol. The van der Waals surface area contributed by atoms with E-state index >= 15 is 0 Å². The van der Waals surface area contributed by atoms with Crippen LogP contribution in [-0.2, 0) is 14.6 Å². The molecule has 0 N–H and O–H groups in total. The molecular formula is C13H24O3S. The summed E-state index contributed by atoms with van der Waals surface area (Å²) in [4.78, 5) is 11.1. The number of sulfone groups is 1. The van der Waals surface area contributed by atoms with Gasteiger partial charge in [-0.05, 0) is 25.2 Å². The standard InChI is InChI=1S/C13H24O3S/c1-3-12(14)7-5-9-17(15,16)13-8-4-6-11(2)10-13/h11,13H,3-10H2,1-2H3. The van der Waals surface area contributed by atoms with E-state index in [1.165, 1.54) is 0 Å². The molecule has 0 spiro atoms. The van der Waals surface area contributed by atoms with Crippen molar-refractivity contribution in [1.29, 1.82) is 0 Å². The van der Waals surface area contributed by atoms with Gasteiger partial charge in [-0.15, -0.1) is 0 Å². The molecule has 0 heterocycles. The van der Waals surface area contributed by atoms with Gasteiger partial charge in [-0.3, -0.25) is 4.79 Å². The van der Waals surface area contributed by atoms with Gasteiger partial charge in [0.1, 0.15) is 5.78 Å². The van der Waals surface area contributed by atoms with E-state index < -0.39 is 9.84 Å². The van der Waals surface area contributed by atoms with Gasteiger partial charge < -0.3 is 0 Å². The zero-order valence-corrected chi connectivity index (χ0v) is 11.8. The molecule has 1 aliphatic carbocycles. The first-order valence-electron chi connectivity index (χ1n) is 6.69. The third kappa shape index (κ3) is 4.78. The highest BCUT2D eigenvalue weighted by Gasteiger charge is 2.29. The Hall–Kier alpha value is -0.380. The quantitative estimate of drug-likeness (QED) is 0.738. The molecule has 1 saturated carbocycles. The minimum Gasteiger partial charge on any atom is -0.300 e. The molecule has 0 aromatic carbocycles. The molecule has 0 saturated heterocycles. The third-order valence-electron chi connectivity index (χ3n) is 3.67. The summed E-state index contributed by atoms with van der Waals surface area (Å²) in [6, 6.07) is 0. The van der Waals surface area contributed by atoms with Crippen LogP contribution in [-0.4, -0.2) is 25.2 Å². The zero-order chi connectivity index (χ0) is 12.9. The maximum Gasteiger partial charge on any atom is 0.153 e. The molecule has 2 atom stereocenters. The summed E-state index contributed by atoms with van der Waals surface area (Å²) in [7, 11) is -2.97. The summed E-state index contributed by atoms with van der Waals surface area (Å²) >= 11 is 0. The van der Waals surface area contributed by atoms with E-state index in [9.17, 15) is 13.2 Å². The Morgan fingerprint density at radius 2 is 2.00 bits per heavy atom. The molecule has 100 valence electrons.